The molecule has 4 nitrogen and oxygen atoms in total. The summed E-state index contributed by atoms with van der Waals surface area (Å²) in [5.74, 6) is 0.831. The summed E-state index contributed by atoms with van der Waals surface area (Å²) >= 11 is 0. The Bertz CT molecular complexity index is 313. The van der Waals surface area contributed by atoms with Gasteiger partial charge in [0.15, 0.2) is 0 Å². The van der Waals surface area contributed by atoms with Crippen LogP contribution in [-0.4, -0.2) is 22.6 Å². The van der Waals surface area contributed by atoms with Gasteiger partial charge in [-0.25, -0.2) is 9.97 Å². The van der Waals surface area contributed by atoms with Gasteiger partial charge in [0.1, 0.15) is 0 Å². The van der Waals surface area contributed by atoms with E-state index in [1.807, 2.05) is 6.07 Å². The lowest BCUT2D eigenvalue weighted by Gasteiger charge is -2.21. The highest BCUT2D eigenvalue weighted by atomic mass is 15.3. The standard InChI is InChI=1S/C10H16N4/c1-8-3-2-6-14(8)10-12-5-4-9(7-11)13-10/h4-5,8H,2-3,6-7,11H2,1H3. The maximum absolute atomic E-state index is 5.54. The SMILES string of the molecule is CC1CCCN1c1nccc(CN)n1. The molecule has 0 radical (unpaired) electrons. The number of hydrogen-bond donors (Lipinski definition) is 1. The molecular weight excluding hydrogens is 176 g/mol. The van der Waals surface area contributed by atoms with E-state index in [1.54, 1.807) is 6.20 Å². The Morgan fingerprint density at radius 3 is 3.14 bits per heavy atom. The van der Waals surface area contributed by atoms with Crippen molar-refractivity contribution in [1.82, 2.24) is 9.97 Å². The normalized spacial score (nSPS) is 21.6. The molecule has 76 valence electrons. The van der Waals surface area contributed by atoms with Crippen molar-refractivity contribution in [2.24, 2.45) is 5.73 Å². The Labute approximate surface area is 84.2 Å². The Hall–Kier alpha value is -1.16. The summed E-state index contributed by atoms with van der Waals surface area (Å²) in [6.45, 7) is 3.76. The lowest BCUT2D eigenvalue weighted by atomic mass is 10.2. The number of rotatable bonds is 2. The van der Waals surface area contributed by atoms with Crippen molar-refractivity contribution in [3.63, 3.8) is 0 Å². The van der Waals surface area contributed by atoms with E-state index in [0.717, 1.165) is 18.2 Å². The zero-order valence-electron chi connectivity index (χ0n) is 8.48. The van der Waals surface area contributed by atoms with Crippen molar-refractivity contribution < 1.29 is 0 Å². The average molecular weight is 192 g/mol. The van der Waals surface area contributed by atoms with E-state index in [4.69, 9.17) is 5.73 Å². The molecule has 1 unspecified atom stereocenters. The summed E-state index contributed by atoms with van der Waals surface area (Å²) in [5.41, 5.74) is 6.45. The molecule has 0 amide bonds. The fraction of sp³-hybridized carbons (Fsp3) is 0.600. The second-order valence-electron chi connectivity index (χ2n) is 3.74. The minimum Gasteiger partial charge on any atom is -0.338 e. The Morgan fingerprint density at radius 2 is 2.50 bits per heavy atom. The molecule has 1 saturated heterocycles. The molecule has 1 aliphatic heterocycles. The summed E-state index contributed by atoms with van der Waals surface area (Å²) in [4.78, 5) is 10.9. The second-order valence-corrected chi connectivity index (χ2v) is 3.74. The molecule has 4 heteroatoms. The zero-order valence-corrected chi connectivity index (χ0v) is 8.48. The van der Waals surface area contributed by atoms with Crippen LogP contribution in [0.5, 0.6) is 0 Å². The van der Waals surface area contributed by atoms with Gasteiger partial charge in [0.2, 0.25) is 5.95 Å². The van der Waals surface area contributed by atoms with Gasteiger partial charge in [0.25, 0.3) is 0 Å². The van der Waals surface area contributed by atoms with Gasteiger partial charge >= 0.3 is 0 Å². The lowest BCUT2D eigenvalue weighted by molar-refractivity contribution is 0.713. The molecule has 0 bridgehead atoms. The van der Waals surface area contributed by atoms with E-state index in [0.29, 0.717) is 12.6 Å². The van der Waals surface area contributed by atoms with Crippen LogP contribution in [0.15, 0.2) is 12.3 Å². The molecule has 0 aromatic carbocycles. The smallest absolute Gasteiger partial charge is 0.225 e. The average Bonchev–Trinajstić information content (AvgIpc) is 2.65. The predicted octanol–water partition coefficient (Wildman–Crippen LogP) is 0.924. The number of nitrogens with two attached hydrogens (primary N) is 1. The molecule has 1 fully saturated rings. The third kappa shape index (κ3) is 1.70. The molecule has 0 aliphatic carbocycles. The van der Waals surface area contributed by atoms with Crippen LogP contribution in [-0.2, 0) is 6.54 Å². The molecule has 0 spiro atoms. The highest BCUT2D eigenvalue weighted by Gasteiger charge is 2.22. The fourth-order valence-corrected chi connectivity index (χ4v) is 1.87. The largest absolute Gasteiger partial charge is 0.338 e. The van der Waals surface area contributed by atoms with Crippen molar-refractivity contribution in [1.29, 1.82) is 0 Å². The van der Waals surface area contributed by atoms with Crippen LogP contribution in [0.3, 0.4) is 0 Å². The Kier molecular flexibility index (Phi) is 2.63. The van der Waals surface area contributed by atoms with Gasteiger partial charge in [-0.1, -0.05) is 0 Å². The van der Waals surface area contributed by atoms with Crippen LogP contribution in [0.4, 0.5) is 5.95 Å². The van der Waals surface area contributed by atoms with Crippen molar-refractivity contribution in [2.75, 3.05) is 11.4 Å². The van der Waals surface area contributed by atoms with Crippen LogP contribution in [0, 0.1) is 0 Å². The van der Waals surface area contributed by atoms with Crippen molar-refractivity contribution in [3.05, 3.63) is 18.0 Å². The van der Waals surface area contributed by atoms with Gasteiger partial charge in [-0.2, -0.15) is 0 Å². The third-order valence-electron chi connectivity index (χ3n) is 2.72. The zero-order chi connectivity index (χ0) is 9.97. The number of hydrogen-bond acceptors (Lipinski definition) is 4. The number of aromatic nitrogens is 2. The first-order chi connectivity index (χ1) is 6.81. The quantitative estimate of drug-likeness (QED) is 0.757. The highest BCUT2D eigenvalue weighted by Crippen LogP contribution is 2.21. The predicted molar refractivity (Wildman–Crippen MR) is 56.0 cm³/mol. The first-order valence-corrected chi connectivity index (χ1v) is 5.10. The number of anilines is 1. The van der Waals surface area contributed by atoms with Crippen molar-refractivity contribution in [3.8, 4) is 0 Å². The minimum atomic E-state index is 0.484. The van der Waals surface area contributed by atoms with Gasteiger partial charge < -0.3 is 10.6 Å². The van der Waals surface area contributed by atoms with Gasteiger partial charge in [0, 0.05) is 25.3 Å². The molecule has 2 N–H and O–H groups in total. The molecule has 1 aromatic heterocycles. The maximum Gasteiger partial charge on any atom is 0.225 e. The molecule has 1 atom stereocenters. The molecule has 1 aliphatic rings. The highest BCUT2D eigenvalue weighted by molar-refractivity contribution is 5.33. The topological polar surface area (TPSA) is 55.0 Å². The molecule has 2 rings (SSSR count). The molecule has 14 heavy (non-hydrogen) atoms. The van der Waals surface area contributed by atoms with E-state index in [9.17, 15) is 0 Å². The Morgan fingerprint density at radius 1 is 1.64 bits per heavy atom. The van der Waals surface area contributed by atoms with Gasteiger partial charge in [-0.05, 0) is 25.8 Å². The van der Waals surface area contributed by atoms with Crippen LogP contribution in [0.1, 0.15) is 25.5 Å². The molecule has 0 saturated carbocycles. The second kappa shape index (κ2) is 3.92. The molecule has 2 heterocycles. The van der Waals surface area contributed by atoms with Crippen LogP contribution < -0.4 is 10.6 Å². The van der Waals surface area contributed by atoms with Crippen LogP contribution in [0.2, 0.25) is 0 Å². The van der Waals surface area contributed by atoms with Crippen molar-refractivity contribution in [2.45, 2.75) is 32.4 Å². The first kappa shape index (κ1) is 9.40. The lowest BCUT2D eigenvalue weighted by Crippen LogP contribution is -2.28. The fourth-order valence-electron chi connectivity index (χ4n) is 1.87. The van der Waals surface area contributed by atoms with Crippen LogP contribution >= 0.6 is 0 Å². The van der Waals surface area contributed by atoms with E-state index >= 15 is 0 Å². The van der Waals surface area contributed by atoms with Gasteiger partial charge in [-0.3, -0.25) is 0 Å². The third-order valence-corrected chi connectivity index (χ3v) is 2.72. The molecule has 1 aromatic rings. The summed E-state index contributed by atoms with van der Waals surface area (Å²) in [5, 5.41) is 0. The monoisotopic (exact) mass is 192 g/mol. The summed E-state index contributed by atoms with van der Waals surface area (Å²) in [6.07, 6.45) is 4.25. The van der Waals surface area contributed by atoms with E-state index in [-0.39, 0.29) is 0 Å². The van der Waals surface area contributed by atoms with Gasteiger partial charge in [0.05, 0.1) is 5.69 Å². The van der Waals surface area contributed by atoms with Crippen molar-refractivity contribution >= 4 is 5.95 Å². The van der Waals surface area contributed by atoms with E-state index in [2.05, 4.69) is 21.8 Å². The first-order valence-electron chi connectivity index (χ1n) is 5.10. The van der Waals surface area contributed by atoms with E-state index in [1.165, 1.54) is 12.8 Å². The Balaban J connectivity index is 2.22. The van der Waals surface area contributed by atoms with E-state index < -0.39 is 0 Å². The van der Waals surface area contributed by atoms with Gasteiger partial charge in [-0.15, -0.1) is 0 Å². The minimum absolute atomic E-state index is 0.484. The summed E-state index contributed by atoms with van der Waals surface area (Å²) < 4.78 is 0. The number of nitrogens with zero attached hydrogens (tertiary/aromatic N) is 3. The summed E-state index contributed by atoms with van der Waals surface area (Å²) in [6, 6.07) is 2.42. The maximum atomic E-state index is 5.54. The molecular formula is C10H16N4. The van der Waals surface area contributed by atoms with Crippen LogP contribution in [0.25, 0.3) is 0 Å². The summed E-state index contributed by atoms with van der Waals surface area (Å²) in [7, 11) is 0.